The Morgan fingerprint density at radius 1 is 1.23 bits per heavy atom. The van der Waals surface area contributed by atoms with Crippen molar-refractivity contribution in [1.29, 1.82) is 0 Å². The number of nitrogens with zero attached hydrogens (tertiary/aromatic N) is 2. The number of halogens is 1. The van der Waals surface area contributed by atoms with E-state index in [1.54, 1.807) is 30.3 Å². The number of anilines is 1. The monoisotopic (exact) mass is 431 g/mol. The molecule has 3 amide bonds. The molecule has 0 radical (unpaired) electrons. The van der Waals surface area contributed by atoms with E-state index in [9.17, 15) is 14.4 Å². The quantitative estimate of drug-likeness (QED) is 0.744. The van der Waals surface area contributed by atoms with E-state index < -0.39 is 17.1 Å². The van der Waals surface area contributed by atoms with Crippen LogP contribution in [0.3, 0.4) is 0 Å². The molecule has 1 saturated heterocycles. The maximum absolute atomic E-state index is 12.5. The van der Waals surface area contributed by atoms with Crippen LogP contribution in [0.25, 0.3) is 6.08 Å². The Hall–Kier alpha value is -2.45. The molecule has 1 N–H and O–H groups in total. The topological polar surface area (TPSA) is 79.4 Å². The molecule has 0 spiro atoms. The van der Waals surface area contributed by atoms with Gasteiger partial charge in [0.05, 0.1) is 16.3 Å². The first-order chi connectivity index (χ1) is 12.4. The molecule has 2 heterocycles. The predicted molar refractivity (Wildman–Crippen MR) is 104 cm³/mol. The number of imide groups is 1. The fourth-order valence-corrected chi connectivity index (χ4v) is 3.52. The van der Waals surface area contributed by atoms with Crippen LogP contribution >= 0.6 is 27.7 Å². The third-order valence-corrected chi connectivity index (χ3v) is 5.11. The maximum atomic E-state index is 12.5. The summed E-state index contributed by atoms with van der Waals surface area (Å²) in [6, 6.07) is 12.5. The van der Waals surface area contributed by atoms with Crippen LogP contribution in [0.5, 0.6) is 0 Å². The van der Waals surface area contributed by atoms with Gasteiger partial charge in [0.2, 0.25) is 5.91 Å². The van der Waals surface area contributed by atoms with Gasteiger partial charge in [0.15, 0.2) is 0 Å². The molecular formula is C18H14BrN3O3S. The standard InChI is InChI=1S/C18H14BrN3O3S/c1-11-5-4-6-12(20-11)9-15-17(24)22(18(25)26-15)10-16(23)21-14-8-3-2-7-13(14)19/h2-9H,10H2,1H3,(H,21,23). The summed E-state index contributed by atoms with van der Waals surface area (Å²) in [6.07, 6.45) is 1.56. The Labute approximate surface area is 162 Å². The fourth-order valence-electron chi connectivity index (χ4n) is 2.31. The Morgan fingerprint density at radius 3 is 2.73 bits per heavy atom. The van der Waals surface area contributed by atoms with Crippen LogP contribution in [0, 0.1) is 6.92 Å². The van der Waals surface area contributed by atoms with Crippen LogP contribution in [-0.2, 0) is 9.59 Å². The number of aryl methyl sites for hydroxylation is 1. The van der Waals surface area contributed by atoms with Crippen LogP contribution in [0.1, 0.15) is 11.4 Å². The number of rotatable bonds is 4. The lowest BCUT2D eigenvalue weighted by molar-refractivity contribution is -0.127. The van der Waals surface area contributed by atoms with Gasteiger partial charge in [-0.25, -0.2) is 0 Å². The van der Waals surface area contributed by atoms with Crippen molar-refractivity contribution in [2.75, 3.05) is 11.9 Å². The molecule has 3 rings (SSSR count). The molecule has 1 aromatic heterocycles. The zero-order valence-corrected chi connectivity index (χ0v) is 16.1. The van der Waals surface area contributed by atoms with E-state index in [1.165, 1.54) is 0 Å². The molecule has 0 saturated carbocycles. The lowest BCUT2D eigenvalue weighted by atomic mass is 10.3. The number of thioether (sulfide) groups is 1. The minimum absolute atomic E-state index is 0.252. The summed E-state index contributed by atoms with van der Waals surface area (Å²) in [7, 11) is 0. The predicted octanol–water partition coefficient (Wildman–Crippen LogP) is 3.83. The van der Waals surface area contributed by atoms with Crippen molar-refractivity contribution < 1.29 is 14.4 Å². The Morgan fingerprint density at radius 2 is 2.00 bits per heavy atom. The van der Waals surface area contributed by atoms with Gasteiger partial charge in [-0.2, -0.15) is 0 Å². The van der Waals surface area contributed by atoms with Gasteiger partial charge in [-0.1, -0.05) is 18.2 Å². The molecular weight excluding hydrogens is 418 g/mol. The van der Waals surface area contributed by atoms with E-state index in [0.717, 1.165) is 22.4 Å². The molecule has 2 aromatic rings. The minimum Gasteiger partial charge on any atom is -0.324 e. The van der Waals surface area contributed by atoms with Crippen LogP contribution < -0.4 is 5.32 Å². The zero-order valence-electron chi connectivity index (χ0n) is 13.7. The molecule has 0 unspecified atom stereocenters. The number of nitrogens with one attached hydrogen (secondary N) is 1. The van der Waals surface area contributed by atoms with Gasteiger partial charge in [-0.15, -0.1) is 0 Å². The van der Waals surface area contributed by atoms with Crippen molar-refractivity contribution in [3.8, 4) is 0 Å². The van der Waals surface area contributed by atoms with Crippen LogP contribution in [0.15, 0.2) is 51.8 Å². The summed E-state index contributed by atoms with van der Waals surface area (Å²) >= 11 is 4.13. The van der Waals surface area contributed by atoms with Crippen molar-refractivity contribution in [3.05, 3.63) is 63.2 Å². The highest BCUT2D eigenvalue weighted by atomic mass is 79.9. The van der Waals surface area contributed by atoms with Gasteiger partial charge in [0.25, 0.3) is 11.1 Å². The summed E-state index contributed by atoms with van der Waals surface area (Å²) in [4.78, 5) is 42.3. The third kappa shape index (κ3) is 4.20. The second kappa shape index (κ2) is 7.84. The summed E-state index contributed by atoms with van der Waals surface area (Å²) < 4.78 is 0.716. The number of pyridine rings is 1. The molecule has 132 valence electrons. The Balaban J connectivity index is 1.71. The molecule has 1 aliphatic rings. The van der Waals surface area contributed by atoms with Gasteiger partial charge >= 0.3 is 0 Å². The van der Waals surface area contributed by atoms with Gasteiger partial charge in [-0.05, 0) is 65.0 Å². The summed E-state index contributed by atoms with van der Waals surface area (Å²) in [5.74, 6) is -0.945. The van der Waals surface area contributed by atoms with Gasteiger partial charge in [0.1, 0.15) is 6.54 Å². The fraction of sp³-hybridized carbons (Fsp3) is 0.111. The lowest BCUT2D eigenvalue weighted by Gasteiger charge is -2.13. The lowest BCUT2D eigenvalue weighted by Crippen LogP contribution is -2.36. The van der Waals surface area contributed by atoms with Crippen molar-refractivity contribution in [2.45, 2.75) is 6.92 Å². The SMILES string of the molecule is Cc1cccc(C=C2SC(=O)N(CC(=O)Nc3ccccc3Br)C2=O)n1. The van der Waals surface area contributed by atoms with E-state index in [0.29, 0.717) is 15.9 Å². The smallest absolute Gasteiger partial charge is 0.294 e. The van der Waals surface area contributed by atoms with Gasteiger partial charge < -0.3 is 5.32 Å². The first-order valence-electron chi connectivity index (χ1n) is 7.67. The van der Waals surface area contributed by atoms with Gasteiger partial charge in [0, 0.05) is 10.2 Å². The molecule has 1 aliphatic heterocycles. The number of hydrogen-bond donors (Lipinski definition) is 1. The largest absolute Gasteiger partial charge is 0.324 e. The highest BCUT2D eigenvalue weighted by Gasteiger charge is 2.36. The molecule has 0 bridgehead atoms. The Bertz CT molecular complexity index is 929. The summed E-state index contributed by atoms with van der Waals surface area (Å²) in [6.45, 7) is 1.50. The van der Waals surface area contributed by atoms with E-state index in [4.69, 9.17) is 0 Å². The van der Waals surface area contributed by atoms with Crippen LogP contribution in [0.2, 0.25) is 0 Å². The van der Waals surface area contributed by atoms with Crippen molar-refractivity contribution in [3.63, 3.8) is 0 Å². The number of para-hydroxylation sites is 1. The highest BCUT2D eigenvalue weighted by Crippen LogP contribution is 2.32. The van der Waals surface area contributed by atoms with E-state index >= 15 is 0 Å². The number of benzene rings is 1. The number of carbonyl (C=O) groups is 3. The first-order valence-corrected chi connectivity index (χ1v) is 9.28. The molecule has 1 aromatic carbocycles. The second-order valence-corrected chi connectivity index (χ2v) is 7.35. The summed E-state index contributed by atoms with van der Waals surface area (Å²) in [5.41, 5.74) is 1.97. The molecule has 0 atom stereocenters. The summed E-state index contributed by atoms with van der Waals surface area (Å²) in [5, 5.41) is 2.20. The molecule has 6 nitrogen and oxygen atoms in total. The van der Waals surface area contributed by atoms with E-state index in [-0.39, 0.29) is 11.4 Å². The molecule has 1 fully saturated rings. The van der Waals surface area contributed by atoms with Crippen molar-refractivity contribution in [2.24, 2.45) is 0 Å². The average molecular weight is 432 g/mol. The van der Waals surface area contributed by atoms with Gasteiger partial charge in [-0.3, -0.25) is 24.3 Å². The van der Waals surface area contributed by atoms with Crippen molar-refractivity contribution in [1.82, 2.24) is 9.88 Å². The van der Waals surface area contributed by atoms with Crippen LogP contribution in [0.4, 0.5) is 10.5 Å². The molecule has 26 heavy (non-hydrogen) atoms. The maximum Gasteiger partial charge on any atom is 0.294 e. The zero-order chi connectivity index (χ0) is 18.7. The normalized spacial score (nSPS) is 15.6. The average Bonchev–Trinajstić information content (AvgIpc) is 2.84. The number of amides is 3. The molecule has 0 aliphatic carbocycles. The third-order valence-electron chi connectivity index (χ3n) is 3.51. The molecule has 8 heteroatoms. The van der Waals surface area contributed by atoms with E-state index in [2.05, 4.69) is 26.2 Å². The number of aromatic nitrogens is 1. The minimum atomic E-state index is -0.495. The van der Waals surface area contributed by atoms with E-state index in [1.807, 2.05) is 25.1 Å². The highest BCUT2D eigenvalue weighted by molar-refractivity contribution is 9.10. The Kier molecular flexibility index (Phi) is 5.53. The van der Waals surface area contributed by atoms with Crippen molar-refractivity contribution >= 4 is 56.5 Å². The number of carbonyl (C=O) groups excluding carboxylic acids is 3. The van der Waals surface area contributed by atoms with Crippen LogP contribution in [-0.4, -0.2) is 33.5 Å². The number of hydrogen-bond acceptors (Lipinski definition) is 5. The first kappa shape index (κ1) is 18.3. The second-order valence-electron chi connectivity index (χ2n) is 5.50.